The lowest BCUT2D eigenvalue weighted by atomic mass is 10.0. The Morgan fingerprint density at radius 3 is 1.12 bits per heavy atom. The molecule has 2 N–H and O–H groups in total. The largest absolute Gasteiger partial charge is 1.00 e. The number of aromatic nitrogens is 4. The van der Waals surface area contributed by atoms with Crippen LogP contribution in [0.1, 0.15) is 22.8 Å². The lowest BCUT2D eigenvalue weighted by Crippen LogP contribution is -3.00. The maximum absolute atomic E-state index is 6.24. The lowest BCUT2D eigenvalue weighted by molar-refractivity contribution is -0.00100. The van der Waals surface area contributed by atoms with E-state index in [1.54, 1.807) is 0 Å². The van der Waals surface area contributed by atoms with Gasteiger partial charge in [0, 0.05) is 57.5 Å². The molecule has 0 aliphatic carbocycles. The highest BCUT2D eigenvalue weighted by Crippen LogP contribution is 2.35. The van der Waals surface area contributed by atoms with Crippen molar-refractivity contribution in [2.24, 2.45) is 0 Å². The van der Waals surface area contributed by atoms with Crippen molar-refractivity contribution in [2.45, 2.75) is 0 Å². The number of nitrogens with one attached hydrogen (secondary N) is 2. The number of nitrogens with zero attached hydrogens (tertiary/aromatic N) is 4. The fourth-order valence-electron chi connectivity index (χ4n) is 7.26. The minimum Gasteiger partial charge on any atom is -1.00 e. The van der Waals surface area contributed by atoms with Gasteiger partial charge in [0.25, 0.3) is 0 Å². The van der Waals surface area contributed by atoms with Gasteiger partial charge in [-0.2, -0.15) is 0 Å². The molecule has 8 nitrogen and oxygen atoms in total. The predicted octanol–water partition coefficient (Wildman–Crippen LogP) is 5.98. The topological polar surface area (TPSA) is 75.8 Å². The van der Waals surface area contributed by atoms with Crippen molar-refractivity contribution in [3.8, 4) is 45.3 Å². The van der Waals surface area contributed by atoms with Gasteiger partial charge in [0.05, 0.1) is 65.1 Å². The molecule has 0 atom stereocenters. The van der Waals surface area contributed by atoms with Crippen LogP contribution in [0, 0.1) is 0 Å². The van der Waals surface area contributed by atoms with Crippen LogP contribution in [0.4, 0.5) is 11.4 Å². The third-order valence-electron chi connectivity index (χ3n) is 10.4. The number of ether oxygens (including phenoxy) is 2. The van der Waals surface area contributed by atoms with Crippen LogP contribution in [0.2, 0.25) is 0 Å². The first-order chi connectivity index (χ1) is 27.9. The molecule has 2 aliphatic rings. The molecule has 0 unspecified atom stereocenters. The normalized spacial score (nSPS) is 12.1. The fraction of sp³-hybridized carbons (Fsp3) is 0.120. The molecule has 7 aromatic rings. The summed E-state index contributed by atoms with van der Waals surface area (Å²) < 4.78 is 14.0. The average Bonchev–Trinajstić information content (AvgIpc) is 4.04. The van der Waals surface area contributed by atoms with E-state index in [-0.39, 0.29) is 48.0 Å². The Kier molecular flexibility index (Phi) is 12.2. The molecule has 4 aromatic carbocycles. The molecule has 0 fully saturated rings. The molecule has 0 radical (unpaired) electrons. The van der Waals surface area contributed by atoms with Gasteiger partial charge in [-0.05, 0) is 120 Å². The van der Waals surface area contributed by atoms with Crippen molar-refractivity contribution in [1.82, 2.24) is 28.9 Å². The monoisotopic (exact) mass is 1020 g/mol. The summed E-state index contributed by atoms with van der Waals surface area (Å²) in [5, 5.41) is 0. The molecule has 302 valence electrons. The molecule has 10 heteroatoms. The van der Waals surface area contributed by atoms with E-state index in [9.17, 15) is 0 Å². The summed E-state index contributed by atoms with van der Waals surface area (Å²) in [7, 11) is 12.9. The summed E-state index contributed by atoms with van der Waals surface area (Å²) in [6.07, 6.45) is 8.24. The molecule has 8 bridgehead atoms. The van der Waals surface area contributed by atoms with Gasteiger partial charge in [-0.15, -0.1) is 0 Å². The third kappa shape index (κ3) is 9.26. The average molecular weight is 1020 g/mol. The number of quaternary nitrogens is 2. The van der Waals surface area contributed by atoms with Crippen molar-refractivity contribution >= 4 is 57.7 Å². The van der Waals surface area contributed by atoms with Crippen LogP contribution in [-0.2, 0) is 0 Å². The number of hydrogen-bond acceptors (Lipinski definition) is 4. The molecule has 9 rings (SSSR count). The fourth-order valence-corrected chi connectivity index (χ4v) is 7.26. The molecular formula is C50H46I2N6O2. The van der Waals surface area contributed by atoms with Crippen LogP contribution in [0.25, 0.3) is 68.6 Å². The molecule has 3 aromatic heterocycles. The van der Waals surface area contributed by atoms with Gasteiger partial charge >= 0.3 is 0 Å². The van der Waals surface area contributed by atoms with Gasteiger partial charge in [-0.1, -0.05) is 24.3 Å². The van der Waals surface area contributed by atoms with Gasteiger partial charge < -0.3 is 67.4 Å². The van der Waals surface area contributed by atoms with E-state index in [2.05, 4.69) is 161 Å². The molecular weight excluding hydrogens is 970 g/mol. The van der Waals surface area contributed by atoms with E-state index >= 15 is 0 Å². The smallest absolute Gasteiger partial charge is 0.132 e. The minimum absolute atomic E-state index is 0. The van der Waals surface area contributed by atoms with Crippen LogP contribution in [-0.4, -0.2) is 62.2 Å². The maximum atomic E-state index is 6.24. The van der Waals surface area contributed by atoms with Gasteiger partial charge in [0.2, 0.25) is 0 Å². The lowest BCUT2D eigenvalue weighted by Gasteiger charge is -2.23. The summed E-state index contributed by atoms with van der Waals surface area (Å²) in [5.74, 6) is 3.13. The molecule has 2 aliphatic heterocycles. The number of aromatic amines is 2. The maximum Gasteiger partial charge on any atom is 0.132 e. The van der Waals surface area contributed by atoms with E-state index in [0.717, 1.165) is 99.1 Å². The molecule has 0 saturated carbocycles. The molecule has 5 heterocycles. The van der Waals surface area contributed by atoms with E-state index in [1.165, 1.54) is 11.4 Å². The van der Waals surface area contributed by atoms with E-state index in [4.69, 9.17) is 19.4 Å². The van der Waals surface area contributed by atoms with E-state index in [0.29, 0.717) is 0 Å². The van der Waals surface area contributed by atoms with E-state index in [1.807, 2.05) is 48.5 Å². The second kappa shape index (κ2) is 17.2. The summed E-state index contributed by atoms with van der Waals surface area (Å²) in [6.45, 7) is 0. The second-order valence-electron chi connectivity index (χ2n) is 16.5. The van der Waals surface area contributed by atoms with Crippen LogP contribution in [0.5, 0.6) is 23.0 Å². The Morgan fingerprint density at radius 2 is 0.750 bits per heavy atom. The summed E-state index contributed by atoms with van der Waals surface area (Å²) in [6, 6.07) is 45.5. The Bertz CT molecular complexity index is 2790. The first kappa shape index (κ1) is 42.6. The highest BCUT2D eigenvalue weighted by Gasteiger charge is 2.17. The summed E-state index contributed by atoms with van der Waals surface area (Å²) in [4.78, 5) is 17.5. The predicted molar refractivity (Wildman–Crippen MR) is 242 cm³/mol. The second-order valence-corrected chi connectivity index (χ2v) is 16.5. The minimum atomic E-state index is 0. The van der Waals surface area contributed by atoms with Gasteiger partial charge in [-0.3, -0.25) is 8.97 Å². The SMILES string of the molecule is C[N+](C)(C)c1ccc(Oc2ccc(-c3c4nc(cc5ccc([nH]5)c(-c5ccc(Oc6ccc([N+](C)(C)C)cc6)cc5)c5ccc(cc6nc3C=C6)[nH]5)C=C4)cc2)cc1.[I-].[I-]. The Balaban J connectivity index is 0.00000272. The van der Waals surface area contributed by atoms with Crippen LogP contribution < -0.4 is 66.4 Å². The quantitative estimate of drug-likeness (QED) is 0.145. The van der Waals surface area contributed by atoms with E-state index < -0.39 is 0 Å². The van der Waals surface area contributed by atoms with Gasteiger partial charge in [0.1, 0.15) is 34.4 Å². The van der Waals surface area contributed by atoms with Crippen LogP contribution >= 0.6 is 0 Å². The summed E-state index contributed by atoms with van der Waals surface area (Å²) >= 11 is 0. The molecule has 60 heavy (non-hydrogen) atoms. The van der Waals surface area contributed by atoms with Crippen LogP contribution in [0.15, 0.2) is 133 Å². The zero-order valence-corrected chi connectivity index (χ0v) is 38.7. The Labute approximate surface area is 385 Å². The van der Waals surface area contributed by atoms with Gasteiger partial charge in [0.15, 0.2) is 0 Å². The molecule has 0 saturated heterocycles. The van der Waals surface area contributed by atoms with Crippen LogP contribution in [0.3, 0.4) is 0 Å². The van der Waals surface area contributed by atoms with Gasteiger partial charge in [-0.25, -0.2) is 9.97 Å². The number of benzene rings is 4. The molecule has 0 amide bonds. The number of hydrogen-bond donors (Lipinski definition) is 2. The highest BCUT2D eigenvalue weighted by molar-refractivity contribution is 5.94. The summed E-state index contributed by atoms with van der Waals surface area (Å²) in [5.41, 5.74) is 13.7. The van der Waals surface area contributed by atoms with Crippen molar-refractivity contribution < 1.29 is 57.4 Å². The number of fused-ring (bicyclic) bond motifs is 8. The highest BCUT2D eigenvalue weighted by atomic mass is 127. The zero-order valence-electron chi connectivity index (χ0n) is 34.4. The van der Waals surface area contributed by atoms with Crippen molar-refractivity contribution in [3.63, 3.8) is 0 Å². The standard InChI is InChI=1S/C50H46N6O2.2HI/c1-55(2,3)39-15-23-43(24-16-39)57-41-19-7-33(8-20-41)49-45-27-11-35(51-45)31-37-13-29-47(53-37)50(48-30-14-38(54-48)32-36-12-28-46(49)52-36)34-9-21-42(22-10-34)58-44-25-17-40(18-26-44)56(4,5)6;;/h7-32,51-52H,1-6H3;2*1H/q+2;;/p-2. The van der Waals surface area contributed by atoms with Crippen molar-refractivity contribution in [3.05, 3.63) is 156 Å². The first-order valence-corrected chi connectivity index (χ1v) is 19.4. The third-order valence-corrected chi connectivity index (χ3v) is 10.4. The Morgan fingerprint density at radius 1 is 0.400 bits per heavy atom. The van der Waals surface area contributed by atoms with Crippen molar-refractivity contribution in [1.29, 1.82) is 0 Å². The number of halogens is 2. The first-order valence-electron chi connectivity index (χ1n) is 19.4. The number of rotatable bonds is 8. The zero-order chi connectivity index (χ0) is 40.0. The van der Waals surface area contributed by atoms with Crippen molar-refractivity contribution in [2.75, 3.05) is 42.3 Å². The number of H-pyrrole nitrogens is 2. The Hall–Kier alpha value is -5.54. The molecule has 0 spiro atoms.